The molecule has 2 aliphatic heterocycles. The summed E-state index contributed by atoms with van der Waals surface area (Å²) in [6.07, 6.45) is 0.751. The second-order valence-corrected chi connectivity index (χ2v) is 6.04. The van der Waals surface area contributed by atoms with E-state index in [1.54, 1.807) is 6.92 Å². The van der Waals surface area contributed by atoms with Gasteiger partial charge in [0.15, 0.2) is 0 Å². The number of aliphatic hydroxyl groups is 2. The molecule has 0 saturated carbocycles. The number of carbonyl (C=O) groups is 1. The first-order chi connectivity index (χ1) is 9.51. The minimum Gasteiger partial charge on any atom is -0.392 e. The van der Waals surface area contributed by atoms with E-state index in [1.165, 1.54) is 0 Å². The fourth-order valence-corrected chi connectivity index (χ4v) is 3.19. The van der Waals surface area contributed by atoms with Crippen LogP contribution in [0.4, 0.5) is 0 Å². The topological polar surface area (TPSA) is 76.0 Å². The van der Waals surface area contributed by atoms with Crippen molar-refractivity contribution in [3.05, 3.63) is 0 Å². The molecule has 116 valence electrons. The molecule has 2 heterocycles. The quantitative estimate of drug-likeness (QED) is 0.618. The fraction of sp³-hybridized carbons (Fsp3) is 0.929. The molecule has 1 amide bonds. The molecule has 6 nitrogen and oxygen atoms in total. The summed E-state index contributed by atoms with van der Waals surface area (Å²) in [6.45, 7) is 7.33. The first-order valence-electron chi connectivity index (χ1n) is 7.63. The molecule has 0 aromatic carbocycles. The predicted molar refractivity (Wildman–Crippen MR) is 76.3 cm³/mol. The average molecular weight is 285 g/mol. The van der Waals surface area contributed by atoms with Crippen LogP contribution >= 0.6 is 0 Å². The molecular weight excluding hydrogens is 258 g/mol. The van der Waals surface area contributed by atoms with E-state index in [9.17, 15) is 15.0 Å². The minimum atomic E-state index is -0.401. The molecule has 0 bridgehead atoms. The van der Waals surface area contributed by atoms with E-state index < -0.39 is 6.10 Å². The molecular formula is C14H27N3O3. The van der Waals surface area contributed by atoms with Crippen LogP contribution in [-0.4, -0.2) is 82.9 Å². The number of carbonyl (C=O) groups excluding carboxylic acids is 1. The van der Waals surface area contributed by atoms with Crippen molar-refractivity contribution >= 4 is 5.91 Å². The number of hydrogen-bond acceptors (Lipinski definition) is 5. The van der Waals surface area contributed by atoms with Crippen molar-refractivity contribution < 1.29 is 15.0 Å². The highest BCUT2D eigenvalue weighted by Crippen LogP contribution is 2.17. The Morgan fingerprint density at radius 3 is 2.75 bits per heavy atom. The monoisotopic (exact) mass is 285 g/mol. The lowest BCUT2D eigenvalue weighted by molar-refractivity contribution is -0.136. The van der Waals surface area contributed by atoms with Crippen LogP contribution in [0.2, 0.25) is 0 Å². The Labute approximate surface area is 120 Å². The summed E-state index contributed by atoms with van der Waals surface area (Å²) >= 11 is 0. The molecule has 4 unspecified atom stereocenters. The zero-order valence-corrected chi connectivity index (χ0v) is 12.5. The maximum absolute atomic E-state index is 12.4. The third-order valence-corrected chi connectivity index (χ3v) is 4.29. The lowest BCUT2D eigenvalue weighted by atomic mass is 10.1. The number of amides is 1. The van der Waals surface area contributed by atoms with Crippen LogP contribution in [0.1, 0.15) is 26.7 Å². The van der Waals surface area contributed by atoms with Crippen molar-refractivity contribution in [1.82, 2.24) is 15.1 Å². The SMILES string of the molecule is CCC1CN(C(=O)C2CC(O)CN2)CCN1CC(C)O. The van der Waals surface area contributed by atoms with Gasteiger partial charge in [0, 0.05) is 38.8 Å². The van der Waals surface area contributed by atoms with Gasteiger partial charge in [-0.3, -0.25) is 9.69 Å². The smallest absolute Gasteiger partial charge is 0.239 e. The second-order valence-electron chi connectivity index (χ2n) is 6.04. The van der Waals surface area contributed by atoms with Crippen molar-refractivity contribution in [2.75, 3.05) is 32.7 Å². The van der Waals surface area contributed by atoms with Crippen molar-refractivity contribution in [2.24, 2.45) is 0 Å². The number of nitrogens with zero attached hydrogens (tertiary/aromatic N) is 2. The number of aliphatic hydroxyl groups excluding tert-OH is 2. The Balaban J connectivity index is 1.90. The highest BCUT2D eigenvalue weighted by atomic mass is 16.3. The molecule has 2 saturated heterocycles. The Kier molecular flexibility index (Phi) is 5.37. The highest BCUT2D eigenvalue weighted by Gasteiger charge is 2.35. The van der Waals surface area contributed by atoms with Gasteiger partial charge in [-0.25, -0.2) is 0 Å². The van der Waals surface area contributed by atoms with Gasteiger partial charge in [-0.2, -0.15) is 0 Å². The summed E-state index contributed by atoms with van der Waals surface area (Å²) in [6, 6.07) is 0.0828. The van der Waals surface area contributed by atoms with Gasteiger partial charge in [0.1, 0.15) is 0 Å². The van der Waals surface area contributed by atoms with Crippen LogP contribution in [0.3, 0.4) is 0 Å². The zero-order valence-electron chi connectivity index (χ0n) is 12.5. The van der Waals surface area contributed by atoms with Crippen LogP contribution in [0, 0.1) is 0 Å². The Morgan fingerprint density at radius 2 is 2.20 bits per heavy atom. The van der Waals surface area contributed by atoms with Crippen LogP contribution in [0.25, 0.3) is 0 Å². The van der Waals surface area contributed by atoms with E-state index in [4.69, 9.17) is 0 Å². The summed E-state index contributed by atoms with van der Waals surface area (Å²) in [7, 11) is 0. The average Bonchev–Trinajstić information content (AvgIpc) is 2.84. The van der Waals surface area contributed by atoms with E-state index in [1.807, 2.05) is 4.90 Å². The van der Waals surface area contributed by atoms with Crippen molar-refractivity contribution in [3.8, 4) is 0 Å². The van der Waals surface area contributed by atoms with Gasteiger partial charge in [0.05, 0.1) is 18.2 Å². The molecule has 4 atom stereocenters. The molecule has 0 radical (unpaired) electrons. The number of piperazine rings is 1. The van der Waals surface area contributed by atoms with Gasteiger partial charge in [-0.05, 0) is 19.8 Å². The molecule has 20 heavy (non-hydrogen) atoms. The van der Waals surface area contributed by atoms with Crippen LogP contribution in [0.5, 0.6) is 0 Å². The van der Waals surface area contributed by atoms with Gasteiger partial charge in [-0.1, -0.05) is 6.92 Å². The third kappa shape index (κ3) is 3.69. The highest BCUT2D eigenvalue weighted by molar-refractivity contribution is 5.82. The summed E-state index contributed by atoms with van der Waals surface area (Å²) in [5.74, 6) is 0.108. The maximum Gasteiger partial charge on any atom is 0.239 e. The van der Waals surface area contributed by atoms with E-state index >= 15 is 0 Å². The normalized spacial score (nSPS) is 33.4. The Hall–Kier alpha value is -0.690. The van der Waals surface area contributed by atoms with E-state index in [-0.39, 0.29) is 18.1 Å². The van der Waals surface area contributed by atoms with Crippen LogP contribution in [0.15, 0.2) is 0 Å². The Morgan fingerprint density at radius 1 is 1.45 bits per heavy atom. The third-order valence-electron chi connectivity index (χ3n) is 4.29. The van der Waals surface area contributed by atoms with E-state index in [0.717, 1.165) is 19.5 Å². The summed E-state index contributed by atoms with van der Waals surface area (Å²) in [4.78, 5) is 16.6. The lowest BCUT2D eigenvalue weighted by Crippen LogP contribution is -2.58. The number of β-amino-alcohol motifs (C(OH)–C–C–N with tert-alkyl or cyclic N) is 2. The molecule has 0 aliphatic carbocycles. The van der Waals surface area contributed by atoms with Gasteiger partial charge < -0.3 is 20.4 Å². The maximum atomic E-state index is 12.4. The van der Waals surface area contributed by atoms with Gasteiger partial charge in [-0.15, -0.1) is 0 Å². The summed E-state index contributed by atoms with van der Waals surface area (Å²) in [5.41, 5.74) is 0. The predicted octanol–water partition coefficient (Wildman–Crippen LogP) is -0.987. The molecule has 0 aromatic heterocycles. The van der Waals surface area contributed by atoms with Gasteiger partial charge in [0.25, 0.3) is 0 Å². The van der Waals surface area contributed by atoms with Gasteiger partial charge in [0.2, 0.25) is 5.91 Å². The van der Waals surface area contributed by atoms with Crippen LogP contribution < -0.4 is 5.32 Å². The molecule has 6 heteroatoms. The largest absolute Gasteiger partial charge is 0.392 e. The van der Waals surface area contributed by atoms with Crippen molar-refractivity contribution in [3.63, 3.8) is 0 Å². The molecule has 2 aliphatic rings. The molecule has 2 rings (SSSR count). The zero-order chi connectivity index (χ0) is 14.7. The van der Waals surface area contributed by atoms with Crippen molar-refractivity contribution in [1.29, 1.82) is 0 Å². The fourth-order valence-electron chi connectivity index (χ4n) is 3.19. The number of hydrogen-bond donors (Lipinski definition) is 3. The van der Waals surface area contributed by atoms with Gasteiger partial charge >= 0.3 is 0 Å². The number of nitrogens with one attached hydrogen (secondary N) is 1. The second kappa shape index (κ2) is 6.85. The molecule has 0 aromatic rings. The minimum absolute atomic E-state index is 0.108. The van der Waals surface area contributed by atoms with E-state index in [2.05, 4.69) is 17.1 Å². The first kappa shape index (κ1) is 15.7. The van der Waals surface area contributed by atoms with Crippen LogP contribution in [-0.2, 0) is 4.79 Å². The van der Waals surface area contributed by atoms with Crippen molar-refractivity contribution in [2.45, 2.75) is 51.0 Å². The molecule has 2 fully saturated rings. The van der Waals surface area contributed by atoms with E-state index in [0.29, 0.717) is 32.1 Å². The lowest BCUT2D eigenvalue weighted by Gasteiger charge is -2.42. The Bertz CT molecular complexity index is 338. The molecule has 3 N–H and O–H groups in total. The standard InChI is InChI=1S/C14H27N3O3/c1-3-11-9-17(5-4-16(11)8-10(2)18)14(20)13-6-12(19)7-15-13/h10-13,15,18-19H,3-9H2,1-2H3. The summed E-state index contributed by atoms with van der Waals surface area (Å²) < 4.78 is 0. The summed E-state index contributed by atoms with van der Waals surface area (Å²) in [5, 5.41) is 22.1. The number of rotatable bonds is 4. The first-order valence-corrected chi connectivity index (χ1v) is 7.63. The molecule has 0 spiro atoms.